The highest BCUT2D eigenvalue weighted by molar-refractivity contribution is 6.09. The molecule has 1 aromatic carbocycles. The van der Waals surface area contributed by atoms with Gasteiger partial charge < -0.3 is 5.73 Å². The zero-order valence-electron chi connectivity index (χ0n) is 12.9. The highest BCUT2D eigenvalue weighted by atomic mass is 16.1. The molecule has 0 saturated heterocycles. The zero-order valence-corrected chi connectivity index (χ0v) is 12.9. The first kappa shape index (κ1) is 15.0. The molecule has 3 rings (SSSR count). The summed E-state index contributed by atoms with van der Waals surface area (Å²) in [6.45, 7) is 3.60. The highest BCUT2D eigenvalue weighted by Gasteiger charge is 2.34. The van der Waals surface area contributed by atoms with E-state index < -0.39 is 11.3 Å². The first-order valence-corrected chi connectivity index (χ1v) is 7.21. The predicted octanol–water partition coefficient (Wildman–Crippen LogP) is 2.06. The van der Waals surface area contributed by atoms with E-state index in [0.717, 1.165) is 0 Å². The Bertz CT molecular complexity index is 920. The summed E-state index contributed by atoms with van der Waals surface area (Å²) in [5.74, 6) is -0.638. The lowest BCUT2D eigenvalue weighted by atomic mass is 9.76. The second-order valence-corrected chi connectivity index (χ2v) is 6.11. The minimum Gasteiger partial charge on any atom is -0.366 e. The smallest absolute Gasteiger partial charge is 0.255 e. The van der Waals surface area contributed by atoms with Gasteiger partial charge in [0.25, 0.3) is 5.56 Å². The summed E-state index contributed by atoms with van der Waals surface area (Å²) in [6.07, 6.45) is 3.39. The number of hydrogen-bond donors (Lipinski definition) is 1. The number of hydrogen-bond acceptors (Lipinski definition) is 3. The number of pyridine rings is 1. The maximum absolute atomic E-state index is 12.6. The first-order valence-electron chi connectivity index (χ1n) is 7.21. The summed E-state index contributed by atoms with van der Waals surface area (Å²) in [5.41, 5.74) is 6.28. The molecule has 5 nitrogen and oxygen atoms in total. The maximum atomic E-state index is 12.6. The number of primary amides is 1. The maximum Gasteiger partial charge on any atom is 0.255 e. The van der Waals surface area contributed by atoms with Crippen LogP contribution in [0, 0.1) is 5.41 Å². The molecule has 1 aliphatic carbocycles. The summed E-state index contributed by atoms with van der Waals surface area (Å²) in [4.78, 5) is 36.3. The molecule has 0 saturated carbocycles. The van der Waals surface area contributed by atoms with Gasteiger partial charge in [-0.05, 0) is 44.2 Å². The summed E-state index contributed by atoms with van der Waals surface area (Å²) < 4.78 is 1.47. The van der Waals surface area contributed by atoms with Crippen LogP contribution in [-0.2, 0) is 0 Å². The van der Waals surface area contributed by atoms with E-state index >= 15 is 0 Å². The molecule has 1 aliphatic rings. The Morgan fingerprint density at radius 1 is 1.09 bits per heavy atom. The number of rotatable bonds is 2. The fraction of sp³-hybridized carbons (Fsp3) is 0.167. The van der Waals surface area contributed by atoms with Crippen molar-refractivity contribution in [2.45, 2.75) is 13.8 Å². The molecule has 1 amide bonds. The van der Waals surface area contributed by atoms with E-state index in [2.05, 4.69) is 0 Å². The monoisotopic (exact) mass is 308 g/mol. The van der Waals surface area contributed by atoms with Crippen LogP contribution in [0.2, 0.25) is 0 Å². The highest BCUT2D eigenvalue weighted by Crippen LogP contribution is 2.37. The van der Waals surface area contributed by atoms with Crippen LogP contribution in [0.1, 0.15) is 40.1 Å². The van der Waals surface area contributed by atoms with Crippen molar-refractivity contribution in [1.29, 1.82) is 0 Å². The lowest BCUT2D eigenvalue weighted by Crippen LogP contribution is -2.31. The fourth-order valence-electron chi connectivity index (χ4n) is 2.77. The third-order valence-electron chi connectivity index (χ3n) is 3.99. The molecule has 116 valence electrons. The third kappa shape index (κ3) is 2.40. The molecule has 0 radical (unpaired) electrons. The minimum absolute atomic E-state index is 0.0590. The van der Waals surface area contributed by atoms with Gasteiger partial charge in [-0.2, -0.15) is 0 Å². The van der Waals surface area contributed by atoms with Crippen LogP contribution >= 0.6 is 0 Å². The molecule has 0 unspecified atom stereocenters. The Morgan fingerprint density at radius 3 is 2.48 bits per heavy atom. The SMILES string of the molecule is CC1(C)C=C(n2ccccc2=O)c2cc(C(N)=O)ccc2C1=O. The average Bonchev–Trinajstić information content (AvgIpc) is 2.51. The topological polar surface area (TPSA) is 82.2 Å². The number of amides is 1. The van der Waals surface area contributed by atoms with Gasteiger partial charge in [-0.3, -0.25) is 19.0 Å². The van der Waals surface area contributed by atoms with Crippen LogP contribution in [0.4, 0.5) is 0 Å². The summed E-state index contributed by atoms with van der Waals surface area (Å²) in [6, 6.07) is 9.53. The van der Waals surface area contributed by atoms with Crippen molar-refractivity contribution in [3.63, 3.8) is 0 Å². The number of benzene rings is 1. The van der Waals surface area contributed by atoms with E-state index in [1.165, 1.54) is 16.7 Å². The molecular formula is C18H16N2O3. The molecule has 0 fully saturated rings. The van der Waals surface area contributed by atoms with E-state index in [4.69, 9.17) is 5.73 Å². The van der Waals surface area contributed by atoms with Crippen molar-refractivity contribution in [1.82, 2.24) is 4.57 Å². The van der Waals surface area contributed by atoms with Crippen LogP contribution < -0.4 is 11.3 Å². The van der Waals surface area contributed by atoms with Gasteiger partial charge >= 0.3 is 0 Å². The normalized spacial score (nSPS) is 15.7. The lowest BCUT2D eigenvalue weighted by Gasteiger charge is -2.29. The van der Waals surface area contributed by atoms with Gasteiger partial charge in [0.15, 0.2) is 5.78 Å². The molecule has 23 heavy (non-hydrogen) atoms. The number of carbonyl (C=O) groups excluding carboxylic acids is 2. The van der Waals surface area contributed by atoms with Gasteiger partial charge in [0.2, 0.25) is 5.91 Å². The number of nitrogens with two attached hydrogens (primary N) is 1. The van der Waals surface area contributed by atoms with Crippen LogP contribution in [0.15, 0.2) is 53.5 Å². The van der Waals surface area contributed by atoms with Crippen molar-refractivity contribution < 1.29 is 9.59 Å². The van der Waals surface area contributed by atoms with Crippen molar-refractivity contribution in [2.24, 2.45) is 11.1 Å². The van der Waals surface area contributed by atoms with E-state index in [0.29, 0.717) is 22.4 Å². The number of carbonyl (C=O) groups is 2. The second kappa shape index (κ2) is 5.05. The van der Waals surface area contributed by atoms with Gasteiger partial charge in [0.1, 0.15) is 0 Å². The van der Waals surface area contributed by atoms with Crippen molar-refractivity contribution >= 4 is 17.4 Å². The van der Waals surface area contributed by atoms with Gasteiger partial charge in [-0.1, -0.05) is 6.07 Å². The van der Waals surface area contributed by atoms with Crippen LogP contribution in [-0.4, -0.2) is 16.3 Å². The van der Waals surface area contributed by atoms with E-state index in [1.54, 1.807) is 50.4 Å². The van der Waals surface area contributed by atoms with Gasteiger partial charge in [-0.15, -0.1) is 0 Å². The van der Waals surface area contributed by atoms with E-state index in [1.807, 2.05) is 0 Å². The standard InChI is InChI=1S/C18H16N2O3/c1-18(2)10-14(20-8-4-3-5-15(20)21)13-9-11(17(19)23)6-7-12(13)16(18)22/h3-10H,1-2H3,(H2,19,23). The average molecular weight is 308 g/mol. The Morgan fingerprint density at radius 2 is 1.83 bits per heavy atom. The van der Waals surface area contributed by atoms with Crippen LogP contribution in [0.25, 0.3) is 5.70 Å². The van der Waals surface area contributed by atoms with Crippen molar-refractivity contribution in [3.05, 3.63) is 75.7 Å². The molecule has 0 spiro atoms. The van der Waals surface area contributed by atoms with Gasteiger partial charge in [0.05, 0.1) is 5.70 Å². The molecule has 0 aliphatic heterocycles. The zero-order chi connectivity index (χ0) is 16.8. The number of aromatic nitrogens is 1. The van der Waals surface area contributed by atoms with Crippen molar-refractivity contribution in [2.75, 3.05) is 0 Å². The molecular weight excluding hydrogens is 292 g/mol. The van der Waals surface area contributed by atoms with Crippen LogP contribution in [0.3, 0.4) is 0 Å². The Hall–Kier alpha value is -2.95. The van der Waals surface area contributed by atoms with Gasteiger partial charge in [0, 0.05) is 34.4 Å². The fourth-order valence-corrected chi connectivity index (χ4v) is 2.77. The molecule has 1 aromatic heterocycles. The van der Waals surface area contributed by atoms with E-state index in [-0.39, 0.29) is 11.3 Å². The number of Topliss-reactive ketones (excluding diaryl/α,β-unsaturated/α-hetero) is 1. The Kier molecular flexibility index (Phi) is 3.29. The number of fused-ring (bicyclic) bond motifs is 1. The largest absolute Gasteiger partial charge is 0.366 e. The molecule has 2 aromatic rings. The lowest BCUT2D eigenvalue weighted by molar-refractivity contribution is 0.0881. The first-order chi connectivity index (χ1) is 10.8. The molecule has 0 atom stereocenters. The van der Waals surface area contributed by atoms with Gasteiger partial charge in [-0.25, -0.2) is 0 Å². The summed E-state index contributed by atoms with van der Waals surface area (Å²) in [7, 11) is 0. The minimum atomic E-state index is -0.744. The third-order valence-corrected chi connectivity index (χ3v) is 3.99. The summed E-state index contributed by atoms with van der Waals surface area (Å²) in [5, 5.41) is 0. The number of allylic oxidation sites excluding steroid dienone is 1. The molecule has 2 N–H and O–H groups in total. The summed E-state index contributed by atoms with van der Waals surface area (Å²) >= 11 is 0. The number of ketones is 1. The second-order valence-electron chi connectivity index (χ2n) is 6.11. The Labute approximate surface area is 133 Å². The van der Waals surface area contributed by atoms with Crippen molar-refractivity contribution in [3.8, 4) is 0 Å². The van der Waals surface area contributed by atoms with E-state index in [9.17, 15) is 14.4 Å². The molecule has 0 bridgehead atoms. The predicted molar refractivity (Wildman–Crippen MR) is 87.1 cm³/mol. The molecule has 1 heterocycles. The Balaban J connectivity index is 2.34. The molecule has 5 heteroatoms. The number of nitrogens with zero attached hydrogens (tertiary/aromatic N) is 1. The van der Waals surface area contributed by atoms with Crippen LogP contribution in [0.5, 0.6) is 0 Å². The quantitative estimate of drug-likeness (QED) is 0.922.